The summed E-state index contributed by atoms with van der Waals surface area (Å²) >= 11 is 0. The minimum atomic E-state index is 0.262. The van der Waals surface area contributed by atoms with E-state index >= 15 is 0 Å². The third kappa shape index (κ3) is 1.85. The predicted octanol–water partition coefficient (Wildman–Crippen LogP) is 0.998. The summed E-state index contributed by atoms with van der Waals surface area (Å²) in [6.07, 6.45) is 2.39. The second kappa shape index (κ2) is 3.53. The van der Waals surface area contributed by atoms with E-state index < -0.39 is 0 Å². The quantitative estimate of drug-likeness (QED) is 0.748. The van der Waals surface area contributed by atoms with Crippen LogP contribution >= 0.6 is 0 Å². The summed E-state index contributed by atoms with van der Waals surface area (Å²) in [6, 6.07) is 1.82. The van der Waals surface area contributed by atoms with E-state index in [1.165, 1.54) is 12.8 Å². The molecule has 4 heteroatoms. The van der Waals surface area contributed by atoms with Crippen molar-refractivity contribution in [3.63, 3.8) is 0 Å². The minimum Gasteiger partial charge on any atom is -0.384 e. The van der Waals surface area contributed by atoms with Gasteiger partial charge in [0, 0.05) is 24.4 Å². The van der Waals surface area contributed by atoms with Crippen LogP contribution in [-0.2, 0) is 0 Å². The molecule has 1 atom stereocenters. The molecule has 1 saturated carbocycles. The molecule has 1 fully saturated rings. The first-order valence-corrected chi connectivity index (χ1v) is 5.05. The van der Waals surface area contributed by atoms with Crippen molar-refractivity contribution in [2.75, 3.05) is 12.3 Å². The normalized spacial score (nSPS) is 18.1. The van der Waals surface area contributed by atoms with Crippen LogP contribution in [0.4, 0.5) is 5.82 Å². The first kappa shape index (κ1) is 9.40. The molecule has 1 aromatic heterocycles. The number of nitrogen functional groups attached to an aromatic ring is 1. The maximum atomic E-state index is 5.73. The number of rotatable bonds is 3. The lowest BCUT2D eigenvalue weighted by molar-refractivity contribution is 0.727. The van der Waals surface area contributed by atoms with E-state index in [-0.39, 0.29) is 5.92 Å². The average Bonchev–Trinajstić information content (AvgIpc) is 2.98. The molecule has 4 nitrogen and oxygen atoms in total. The summed E-state index contributed by atoms with van der Waals surface area (Å²) in [4.78, 5) is 8.73. The van der Waals surface area contributed by atoms with E-state index in [1.807, 2.05) is 6.07 Å². The molecule has 4 N–H and O–H groups in total. The third-order valence-corrected chi connectivity index (χ3v) is 2.58. The van der Waals surface area contributed by atoms with Gasteiger partial charge >= 0.3 is 0 Å². The number of nitrogens with two attached hydrogens (primary N) is 2. The standard InChI is InChI=1S/C10H16N4/c1-6(5-11)8-4-9(12)14-10(13-8)7-2-3-7/h4,6-7H,2-3,5,11H2,1H3,(H2,12,13,14). The summed E-state index contributed by atoms with van der Waals surface area (Å²) in [7, 11) is 0. The van der Waals surface area contributed by atoms with Crippen molar-refractivity contribution in [2.45, 2.75) is 31.6 Å². The first-order chi connectivity index (χ1) is 6.70. The minimum absolute atomic E-state index is 0.262. The van der Waals surface area contributed by atoms with Crippen molar-refractivity contribution in [3.05, 3.63) is 17.6 Å². The summed E-state index contributed by atoms with van der Waals surface area (Å²) in [5.74, 6) is 2.28. The molecule has 0 radical (unpaired) electrons. The monoisotopic (exact) mass is 192 g/mol. The van der Waals surface area contributed by atoms with Gasteiger partial charge in [-0.05, 0) is 12.8 Å². The Hall–Kier alpha value is -1.16. The molecule has 0 aliphatic heterocycles. The van der Waals surface area contributed by atoms with Gasteiger partial charge in [-0.3, -0.25) is 0 Å². The Balaban J connectivity index is 2.30. The van der Waals surface area contributed by atoms with E-state index in [9.17, 15) is 0 Å². The molecular formula is C10H16N4. The lowest BCUT2D eigenvalue weighted by atomic mass is 10.1. The molecule has 1 heterocycles. The van der Waals surface area contributed by atoms with Crippen LogP contribution in [0, 0.1) is 0 Å². The molecule has 2 rings (SSSR count). The van der Waals surface area contributed by atoms with Crippen molar-refractivity contribution in [1.29, 1.82) is 0 Å². The highest BCUT2D eigenvalue weighted by Gasteiger charge is 2.27. The van der Waals surface area contributed by atoms with Crippen LogP contribution in [0.15, 0.2) is 6.07 Å². The Bertz CT molecular complexity index is 333. The molecule has 76 valence electrons. The Morgan fingerprint density at radius 1 is 1.50 bits per heavy atom. The topological polar surface area (TPSA) is 77.8 Å². The highest BCUT2D eigenvalue weighted by Crippen LogP contribution is 2.38. The summed E-state index contributed by atoms with van der Waals surface area (Å²) in [5, 5.41) is 0. The number of hydrogen-bond donors (Lipinski definition) is 2. The zero-order valence-corrected chi connectivity index (χ0v) is 8.40. The van der Waals surface area contributed by atoms with Crippen molar-refractivity contribution >= 4 is 5.82 Å². The van der Waals surface area contributed by atoms with Crippen molar-refractivity contribution in [2.24, 2.45) is 5.73 Å². The van der Waals surface area contributed by atoms with E-state index in [4.69, 9.17) is 11.5 Å². The average molecular weight is 192 g/mol. The molecule has 1 aliphatic rings. The Labute approximate surface area is 83.7 Å². The highest BCUT2D eigenvalue weighted by atomic mass is 15.0. The van der Waals surface area contributed by atoms with Gasteiger partial charge in [0.25, 0.3) is 0 Å². The number of nitrogens with zero attached hydrogens (tertiary/aromatic N) is 2. The Kier molecular flexibility index (Phi) is 2.37. The lowest BCUT2D eigenvalue weighted by Gasteiger charge is -2.09. The summed E-state index contributed by atoms with van der Waals surface area (Å²) in [6.45, 7) is 2.65. The zero-order chi connectivity index (χ0) is 10.1. The predicted molar refractivity (Wildman–Crippen MR) is 55.9 cm³/mol. The molecule has 1 aliphatic carbocycles. The smallest absolute Gasteiger partial charge is 0.134 e. The van der Waals surface area contributed by atoms with Gasteiger partial charge in [0.05, 0.1) is 5.69 Å². The second-order valence-corrected chi connectivity index (χ2v) is 3.99. The zero-order valence-electron chi connectivity index (χ0n) is 8.40. The van der Waals surface area contributed by atoms with Gasteiger partial charge in [0.15, 0.2) is 0 Å². The maximum Gasteiger partial charge on any atom is 0.134 e. The van der Waals surface area contributed by atoms with Gasteiger partial charge in [-0.2, -0.15) is 0 Å². The fourth-order valence-corrected chi connectivity index (χ4v) is 1.40. The summed E-state index contributed by atoms with van der Waals surface area (Å²) in [5.41, 5.74) is 12.3. The van der Waals surface area contributed by atoms with Gasteiger partial charge < -0.3 is 11.5 Å². The first-order valence-electron chi connectivity index (χ1n) is 5.05. The van der Waals surface area contributed by atoms with Crippen LogP contribution < -0.4 is 11.5 Å². The molecule has 1 aromatic rings. The second-order valence-electron chi connectivity index (χ2n) is 3.99. The van der Waals surface area contributed by atoms with E-state index in [0.29, 0.717) is 18.3 Å². The van der Waals surface area contributed by atoms with Crippen LogP contribution in [0.1, 0.15) is 43.1 Å². The molecule has 14 heavy (non-hydrogen) atoms. The number of anilines is 1. The largest absolute Gasteiger partial charge is 0.384 e. The Morgan fingerprint density at radius 2 is 2.21 bits per heavy atom. The molecule has 0 aromatic carbocycles. The number of aromatic nitrogens is 2. The highest BCUT2D eigenvalue weighted by molar-refractivity contribution is 5.32. The molecule has 0 bridgehead atoms. The van der Waals surface area contributed by atoms with Crippen LogP contribution in [-0.4, -0.2) is 16.5 Å². The molecule has 0 saturated heterocycles. The van der Waals surface area contributed by atoms with E-state index in [2.05, 4.69) is 16.9 Å². The fourth-order valence-electron chi connectivity index (χ4n) is 1.40. The lowest BCUT2D eigenvalue weighted by Crippen LogP contribution is -2.12. The number of hydrogen-bond acceptors (Lipinski definition) is 4. The van der Waals surface area contributed by atoms with E-state index in [0.717, 1.165) is 11.5 Å². The molecule has 0 amide bonds. The Morgan fingerprint density at radius 3 is 2.79 bits per heavy atom. The molecule has 1 unspecified atom stereocenters. The fraction of sp³-hybridized carbons (Fsp3) is 0.600. The van der Waals surface area contributed by atoms with E-state index in [1.54, 1.807) is 0 Å². The van der Waals surface area contributed by atoms with Crippen molar-refractivity contribution in [3.8, 4) is 0 Å². The SMILES string of the molecule is CC(CN)c1cc(N)nc(C2CC2)n1. The third-order valence-electron chi connectivity index (χ3n) is 2.58. The van der Waals surface area contributed by atoms with Gasteiger partial charge in [0.2, 0.25) is 0 Å². The van der Waals surface area contributed by atoms with Crippen molar-refractivity contribution in [1.82, 2.24) is 9.97 Å². The van der Waals surface area contributed by atoms with Crippen LogP contribution in [0.5, 0.6) is 0 Å². The van der Waals surface area contributed by atoms with Crippen LogP contribution in [0.25, 0.3) is 0 Å². The van der Waals surface area contributed by atoms with Crippen LogP contribution in [0.3, 0.4) is 0 Å². The van der Waals surface area contributed by atoms with Crippen molar-refractivity contribution < 1.29 is 0 Å². The van der Waals surface area contributed by atoms with Gasteiger partial charge in [-0.1, -0.05) is 6.92 Å². The van der Waals surface area contributed by atoms with Gasteiger partial charge in [-0.15, -0.1) is 0 Å². The molecular weight excluding hydrogens is 176 g/mol. The summed E-state index contributed by atoms with van der Waals surface area (Å²) < 4.78 is 0. The van der Waals surface area contributed by atoms with Gasteiger partial charge in [-0.25, -0.2) is 9.97 Å². The maximum absolute atomic E-state index is 5.73. The van der Waals surface area contributed by atoms with Gasteiger partial charge in [0.1, 0.15) is 11.6 Å². The van der Waals surface area contributed by atoms with Crippen LogP contribution in [0.2, 0.25) is 0 Å². The molecule has 0 spiro atoms.